The van der Waals surface area contributed by atoms with E-state index in [0.717, 1.165) is 16.9 Å². The van der Waals surface area contributed by atoms with Crippen molar-refractivity contribution < 1.29 is 13.2 Å². The Labute approximate surface area is 141 Å². The van der Waals surface area contributed by atoms with Gasteiger partial charge < -0.3 is 9.30 Å². The first kappa shape index (κ1) is 16.3. The molecule has 0 unspecified atom stereocenters. The number of rotatable bonds is 4. The summed E-state index contributed by atoms with van der Waals surface area (Å²) in [6, 6.07) is 10.2. The fourth-order valence-corrected chi connectivity index (χ4v) is 3.92. The van der Waals surface area contributed by atoms with Gasteiger partial charge in [-0.25, -0.2) is 13.4 Å². The van der Waals surface area contributed by atoms with E-state index in [4.69, 9.17) is 4.74 Å². The van der Waals surface area contributed by atoms with E-state index in [-0.39, 0.29) is 4.90 Å². The van der Waals surface area contributed by atoms with Crippen molar-refractivity contribution in [2.75, 3.05) is 11.8 Å². The van der Waals surface area contributed by atoms with E-state index >= 15 is 0 Å². The zero-order chi connectivity index (χ0) is 17.5. The number of ether oxygens (including phenoxy) is 1. The number of hydrogen-bond donors (Lipinski definition) is 1. The summed E-state index contributed by atoms with van der Waals surface area (Å²) < 4.78 is 35.0. The molecule has 3 aromatic rings. The van der Waals surface area contributed by atoms with Crippen LogP contribution in [0.2, 0.25) is 0 Å². The van der Waals surface area contributed by atoms with Gasteiger partial charge in [0.25, 0.3) is 10.0 Å². The van der Waals surface area contributed by atoms with E-state index in [1.165, 1.54) is 0 Å². The molecule has 1 aromatic heterocycles. The van der Waals surface area contributed by atoms with Crippen LogP contribution in [-0.4, -0.2) is 25.1 Å². The van der Waals surface area contributed by atoms with Crippen LogP contribution in [0.1, 0.15) is 11.4 Å². The maximum absolute atomic E-state index is 12.7. The average Bonchev–Trinajstić information content (AvgIpc) is 2.80. The quantitative estimate of drug-likeness (QED) is 0.789. The number of sulfonamides is 1. The molecule has 0 amide bonds. The Balaban J connectivity index is 1.97. The minimum absolute atomic E-state index is 0.223. The molecular formula is C17H19N3O3S. The molecule has 0 aliphatic heterocycles. The lowest BCUT2D eigenvalue weighted by Gasteiger charge is -2.11. The number of aryl methyl sites for hydroxylation is 3. The van der Waals surface area contributed by atoms with Gasteiger partial charge in [-0.15, -0.1) is 0 Å². The van der Waals surface area contributed by atoms with Gasteiger partial charge in [0.1, 0.15) is 11.6 Å². The van der Waals surface area contributed by atoms with Crippen molar-refractivity contribution >= 4 is 26.7 Å². The Morgan fingerprint density at radius 1 is 1.12 bits per heavy atom. The van der Waals surface area contributed by atoms with Crippen LogP contribution in [-0.2, 0) is 17.1 Å². The Bertz CT molecular complexity index is 1020. The van der Waals surface area contributed by atoms with E-state index in [9.17, 15) is 8.42 Å². The second-order valence-corrected chi connectivity index (χ2v) is 7.31. The number of fused-ring (bicyclic) bond motifs is 1. The zero-order valence-electron chi connectivity index (χ0n) is 14.0. The fourth-order valence-electron chi connectivity index (χ4n) is 2.64. The molecule has 3 rings (SSSR count). The molecule has 0 saturated heterocycles. The van der Waals surface area contributed by atoms with Crippen molar-refractivity contribution in [1.29, 1.82) is 0 Å². The molecular weight excluding hydrogens is 326 g/mol. The number of anilines is 1. The lowest BCUT2D eigenvalue weighted by molar-refractivity contribution is 0.414. The number of benzene rings is 2. The maximum Gasteiger partial charge on any atom is 0.262 e. The Hall–Kier alpha value is -2.54. The van der Waals surface area contributed by atoms with Crippen molar-refractivity contribution in [3.63, 3.8) is 0 Å². The normalized spacial score (nSPS) is 11.7. The third-order valence-electron chi connectivity index (χ3n) is 4.03. The molecule has 24 heavy (non-hydrogen) atoms. The third kappa shape index (κ3) is 2.82. The van der Waals surface area contributed by atoms with Crippen molar-refractivity contribution in [2.24, 2.45) is 7.05 Å². The summed E-state index contributed by atoms with van der Waals surface area (Å²) in [6.45, 7) is 3.65. The molecule has 0 bridgehead atoms. The number of nitrogens with zero attached hydrogens (tertiary/aromatic N) is 2. The number of imidazole rings is 1. The summed E-state index contributed by atoms with van der Waals surface area (Å²) in [5.41, 5.74) is 2.81. The van der Waals surface area contributed by atoms with E-state index in [1.807, 2.05) is 24.6 Å². The van der Waals surface area contributed by atoms with Gasteiger partial charge in [0.05, 0.1) is 28.7 Å². The second-order valence-electron chi connectivity index (χ2n) is 5.66. The van der Waals surface area contributed by atoms with Crippen molar-refractivity contribution in [3.8, 4) is 5.75 Å². The minimum Gasteiger partial charge on any atom is -0.497 e. The molecule has 0 radical (unpaired) electrons. The van der Waals surface area contributed by atoms with Gasteiger partial charge in [-0.1, -0.05) is 0 Å². The summed E-state index contributed by atoms with van der Waals surface area (Å²) >= 11 is 0. The van der Waals surface area contributed by atoms with E-state index in [1.54, 1.807) is 44.4 Å². The van der Waals surface area contributed by atoms with Gasteiger partial charge in [-0.3, -0.25) is 4.72 Å². The van der Waals surface area contributed by atoms with Crippen LogP contribution in [0.5, 0.6) is 5.75 Å². The predicted molar refractivity (Wildman–Crippen MR) is 94.0 cm³/mol. The Morgan fingerprint density at radius 2 is 1.88 bits per heavy atom. The van der Waals surface area contributed by atoms with Crippen LogP contribution in [0.3, 0.4) is 0 Å². The number of aromatic nitrogens is 2. The van der Waals surface area contributed by atoms with Crippen molar-refractivity contribution in [1.82, 2.24) is 9.55 Å². The van der Waals surface area contributed by atoms with Crippen LogP contribution in [0, 0.1) is 13.8 Å². The summed E-state index contributed by atoms with van der Waals surface area (Å²) in [5, 5.41) is 0. The Kier molecular flexibility index (Phi) is 3.96. The topological polar surface area (TPSA) is 73.2 Å². The number of hydrogen-bond acceptors (Lipinski definition) is 4. The first-order chi connectivity index (χ1) is 11.3. The molecule has 0 aliphatic carbocycles. The molecule has 1 N–H and O–H groups in total. The van der Waals surface area contributed by atoms with Gasteiger partial charge >= 0.3 is 0 Å². The van der Waals surface area contributed by atoms with Gasteiger partial charge in [0.15, 0.2) is 0 Å². The van der Waals surface area contributed by atoms with Crippen LogP contribution >= 0.6 is 0 Å². The third-order valence-corrected chi connectivity index (χ3v) is 5.57. The molecule has 0 atom stereocenters. The molecule has 0 aliphatic rings. The number of methoxy groups -OCH3 is 1. The molecule has 126 valence electrons. The zero-order valence-corrected chi connectivity index (χ0v) is 14.8. The first-order valence-electron chi connectivity index (χ1n) is 7.42. The first-order valence-corrected chi connectivity index (χ1v) is 8.90. The van der Waals surface area contributed by atoms with E-state index in [0.29, 0.717) is 17.0 Å². The standard InChI is InChI=1S/C17H19N3O3S/c1-11-9-14(23-4)6-8-17(11)24(21,22)19-13-5-7-16-15(10-13)18-12(2)20(16)3/h5-10,19H,1-4H3. The van der Waals surface area contributed by atoms with Gasteiger partial charge in [0, 0.05) is 7.05 Å². The van der Waals surface area contributed by atoms with Crippen LogP contribution < -0.4 is 9.46 Å². The monoisotopic (exact) mass is 345 g/mol. The lowest BCUT2D eigenvalue weighted by atomic mass is 10.2. The molecule has 6 nitrogen and oxygen atoms in total. The number of nitrogens with one attached hydrogen (secondary N) is 1. The highest BCUT2D eigenvalue weighted by Crippen LogP contribution is 2.25. The van der Waals surface area contributed by atoms with Crippen LogP contribution in [0.4, 0.5) is 5.69 Å². The summed E-state index contributed by atoms with van der Waals surface area (Å²) in [7, 11) is -0.208. The molecule has 0 spiro atoms. The minimum atomic E-state index is -3.68. The molecule has 2 aromatic carbocycles. The lowest BCUT2D eigenvalue weighted by Crippen LogP contribution is -2.14. The van der Waals surface area contributed by atoms with Crippen LogP contribution in [0.15, 0.2) is 41.3 Å². The SMILES string of the molecule is COc1ccc(S(=O)(=O)Nc2ccc3c(c2)nc(C)n3C)c(C)c1. The van der Waals surface area contributed by atoms with E-state index in [2.05, 4.69) is 9.71 Å². The highest BCUT2D eigenvalue weighted by Gasteiger charge is 2.18. The molecule has 0 fully saturated rings. The second kappa shape index (κ2) is 5.83. The molecule has 7 heteroatoms. The van der Waals surface area contributed by atoms with Gasteiger partial charge in [-0.05, 0) is 55.8 Å². The van der Waals surface area contributed by atoms with Crippen molar-refractivity contribution in [2.45, 2.75) is 18.7 Å². The van der Waals surface area contributed by atoms with E-state index < -0.39 is 10.0 Å². The maximum atomic E-state index is 12.7. The average molecular weight is 345 g/mol. The van der Waals surface area contributed by atoms with Crippen molar-refractivity contribution in [3.05, 3.63) is 47.8 Å². The van der Waals surface area contributed by atoms with Gasteiger partial charge in [-0.2, -0.15) is 0 Å². The largest absolute Gasteiger partial charge is 0.497 e. The highest BCUT2D eigenvalue weighted by atomic mass is 32.2. The van der Waals surface area contributed by atoms with Gasteiger partial charge in [0.2, 0.25) is 0 Å². The Morgan fingerprint density at radius 3 is 2.54 bits per heavy atom. The predicted octanol–water partition coefficient (Wildman–Crippen LogP) is 3.00. The summed E-state index contributed by atoms with van der Waals surface area (Å²) in [6.07, 6.45) is 0. The molecule has 0 saturated carbocycles. The molecule has 1 heterocycles. The summed E-state index contributed by atoms with van der Waals surface area (Å²) in [4.78, 5) is 4.65. The fraction of sp³-hybridized carbons (Fsp3) is 0.235. The highest BCUT2D eigenvalue weighted by molar-refractivity contribution is 7.92. The smallest absolute Gasteiger partial charge is 0.262 e. The summed E-state index contributed by atoms with van der Waals surface area (Å²) in [5.74, 6) is 1.49. The van der Waals surface area contributed by atoms with Crippen LogP contribution in [0.25, 0.3) is 11.0 Å².